The molecule has 2 heterocycles. The van der Waals surface area contributed by atoms with Gasteiger partial charge in [0.15, 0.2) is 11.8 Å². The summed E-state index contributed by atoms with van der Waals surface area (Å²) >= 11 is 0. The van der Waals surface area contributed by atoms with Gasteiger partial charge in [-0.1, -0.05) is 18.2 Å². The predicted molar refractivity (Wildman–Crippen MR) is 100.0 cm³/mol. The maximum absolute atomic E-state index is 6.44. The molecule has 1 aliphatic heterocycles. The van der Waals surface area contributed by atoms with Gasteiger partial charge in [-0.3, -0.25) is 4.99 Å². The Hall–Kier alpha value is -2.57. The van der Waals surface area contributed by atoms with Gasteiger partial charge in [0.05, 0.1) is 12.6 Å². The molecule has 1 aliphatic carbocycles. The van der Waals surface area contributed by atoms with Crippen LogP contribution < -0.4 is 15.4 Å². The zero-order chi connectivity index (χ0) is 18.0. The number of ether oxygens (including phenoxy) is 1. The first-order valence-electron chi connectivity index (χ1n) is 9.27. The maximum Gasteiger partial charge on any atom is 0.191 e. The van der Waals surface area contributed by atoms with Crippen molar-refractivity contribution in [2.24, 2.45) is 12.0 Å². The van der Waals surface area contributed by atoms with Crippen LogP contribution in [0.1, 0.15) is 49.5 Å². The van der Waals surface area contributed by atoms with Crippen molar-refractivity contribution in [1.82, 2.24) is 25.4 Å². The highest BCUT2D eigenvalue weighted by atomic mass is 16.5. The van der Waals surface area contributed by atoms with Crippen molar-refractivity contribution in [3.63, 3.8) is 0 Å². The van der Waals surface area contributed by atoms with Crippen LogP contribution in [0, 0.1) is 0 Å². The molecule has 138 valence electrons. The van der Waals surface area contributed by atoms with Crippen LogP contribution in [0.3, 0.4) is 0 Å². The molecule has 7 heteroatoms. The Bertz CT molecular complexity index is 793. The first-order chi connectivity index (χ1) is 12.7. The van der Waals surface area contributed by atoms with Gasteiger partial charge >= 0.3 is 0 Å². The quantitative estimate of drug-likeness (QED) is 0.653. The zero-order valence-electron chi connectivity index (χ0n) is 15.4. The number of rotatable bonds is 3. The molecule has 1 saturated carbocycles. The number of aryl methyl sites for hydroxylation is 1. The maximum atomic E-state index is 6.44. The van der Waals surface area contributed by atoms with Crippen molar-refractivity contribution in [2.45, 2.75) is 50.3 Å². The van der Waals surface area contributed by atoms with E-state index in [4.69, 9.17) is 4.74 Å². The molecule has 1 fully saturated rings. The lowest BCUT2D eigenvalue weighted by Gasteiger charge is -2.40. The molecule has 2 aromatic rings. The third kappa shape index (κ3) is 3.25. The molecule has 1 spiro atoms. The van der Waals surface area contributed by atoms with E-state index in [1.165, 1.54) is 18.4 Å². The number of benzene rings is 1. The molecule has 26 heavy (non-hydrogen) atoms. The van der Waals surface area contributed by atoms with Crippen LogP contribution in [0.25, 0.3) is 0 Å². The minimum atomic E-state index is -0.0333. The van der Waals surface area contributed by atoms with Crippen LogP contribution >= 0.6 is 0 Å². The summed E-state index contributed by atoms with van der Waals surface area (Å²) in [5, 5.41) is 15.0. The van der Waals surface area contributed by atoms with Gasteiger partial charge in [-0.15, -0.1) is 10.2 Å². The normalized spacial score (nSPS) is 21.3. The van der Waals surface area contributed by atoms with Crippen LogP contribution in [0.2, 0.25) is 0 Å². The largest absolute Gasteiger partial charge is 0.487 e. The molecule has 4 rings (SSSR count). The van der Waals surface area contributed by atoms with E-state index in [0.29, 0.717) is 6.54 Å². The fourth-order valence-electron chi connectivity index (χ4n) is 4.06. The summed E-state index contributed by atoms with van der Waals surface area (Å²) in [6.45, 7) is 0.576. The Morgan fingerprint density at radius 1 is 1.35 bits per heavy atom. The molecular weight excluding hydrogens is 328 g/mol. The molecule has 0 amide bonds. The van der Waals surface area contributed by atoms with E-state index in [1.807, 2.05) is 17.7 Å². The third-order valence-corrected chi connectivity index (χ3v) is 5.47. The zero-order valence-corrected chi connectivity index (χ0v) is 15.4. The Morgan fingerprint density at radius 3 is 2.88 bits per heavy atom. The lowest BCUT2D eigenvalue weighted by molar-refractivity contribution is 0.0396. The molecule has 1 aromatic heterocycles. The van der Waals surface area contributed by atoms with Gasteiger partial charge in [0, 0.05) is 26.1 Å². The van der Waals surface area contributed by atoms with Crippen molar-refractivity contribution in [2.75, 3.05) is 7.05 Å². The number of guanidine groups is 1. The van der Waals surface area contributed by atoms with Crippen molar-refractivity contribution >= 4 is 5.96 Å². The standard InChI is InChI=1S/C19H26N6O/c1-20-18(21-12-17-24-22-13-25(17)2)23-15-11-19(9-5-6-10-19)26-16-8-4-3-7-14(15)16/h3-4,7-8,13,15H,5-6,9-12H2,1-2H3,(H2,20,21,23). The van der Waals surface area contributed by atoms with E-state index in [-0.39, 0.29) is 11.6 Å². The number of aliphatic imine (C=N–C) groups is 1. The Balaban J connectivity index is 1.51. The Kier molecular flexibility index (Phi) is 4.53. The fraction of sp³-hybridized carbons (Fsp3) is 0.526. The highest BCUT2D eigenvalue weighted by Gasteiger charge is 2.43. The summed E-state index contributed by atoms with van der Waals surface area (Å²) in [5.74, 6) is 2.64. The van der Waals surface area contributed by atoms with Crippen LogP contribution in [0.15, 0.2) is 35.6 Å². The van der Waals surface area contributed by atoms with Crippen molar-refractivity contribution < 1.29 is 4.74 Å². The van der Waals surface area contributed by atoms with E-state index < -0.39 is 0 Å². The van der Waals surface area contributed by atoms with Crippen LogP contribution in [-0.4, -0.2) is 33.4 Å². The van der Waals surface area contributed by atoms with Gasteiger partial charge in [-0.25, -0.2) is 0 Å². The number of hydrogen-bond donors (Lipinski definition) is 2. The van der Waals surface area contributed by atoms with Crippen LogP contribution in [-0.2, 0) is 13.6 Å². The van der Waals surface area contributed by atoms with Crippen LogP contribution in [0.4, 0.5) is 0 Å². The van der Waals surface area contributed by atoms with E-state index in [2.05, 4.69) is 44.0 Å². The SMILES string of the molecule is CN=C(NCc1nncn1C)NC1CC2(CCCC2)Oc2ccccc21. The van der Waals surface area contributed by atoms with Gasteiger partial charge in [0.2, 0.25) is 0 Å². The number of nitrogens with one attached hydrogen (secondary N) is 2. The molecule has 0 saturated heterocycles. The highest BCUT2D eigenvalue weighted by Crippen LogP contribution is 2.46. The molecular formula is C19H26N6O. The van der Waals surface area contributed by atoms with E-state index in [9.17, 15) is 0 Å². The Morgan fingerprint density at radius 2 is 2.15 bits per heavy atom. The van der Waals surface area contributed by atoms with Crippen molar-refractivity contribution in [3.8, 4) is 5.75 Å². The minimum absolute atomic E-state index is 0.0333. The summed E-state index contributed by atoms with van der Waals surface area (Å²) in [7, 11) is 3.73. The van der Waals surface area contributed by atoms with Gasteiger partial charge < -0.3 is 19.9 Å². The topological polar surface area (TPSA) is 76.4 Å². The average molecular weight is 354 g/mol. The first kappa shape index (κ1) is 16.9. The summed E-state index contributed by atoms with van der Waals surface area (Å²) < 4.78 is 8.34. The lowest BCUT2D eigenvalue weighted by Crippen LogP contribution is -2.46. The van der Waals surface area contributed by atoms with E-state index in [1.54, 1.807) is 13.4 Å². The number of hydrogen-bond acceptors (Lipinski definition) is 4. The average Bonchev–Trinajstić information content (AvgIpc) is 3.27. The highest BCUT2D eigenvalue weighted by molar-refractivity contribution is 5.80. The summed E-state index contributed by atoms with van der Waals surface area (Å²) in [5.41, 5.74) is 1.17. The van der Waals surface area contributed by atoms with Crippen molar-refractivity contribution in [3.05, 3.63) is 42.0 Å². The second-order valence-corrected chi connectivity index (χ2v) is 7.21. The minimum Gasteiger partial charge on any atom is -0.487 e. The smallest absolute Gasteiger partial charge is 0.191 e. The second kappa shape index (κ2) is 6.97. The molecule has 2 aliphatic rings. The third-order valence-electron chi connectivity index (χ3n) is 5.47. The molecule has 0 bridgehead atoms. The van der Waals surface area contributed by atoms with Gasteiger partial charge in [-0.05, 0) is 31.7 Å². The number of aromatic nitrogens is 3. The molecule has 1 aromatic carbocycles. The van der Waals surface area contributed by atoms with Gasteiger partial charge in [0.1, 0.15) is 17.7 Å². The first-order valence-corrected chi connectivity index (χ1v) is 9.27. The van der Waals surface area contributed by atoms with Gasteiger partial charge in [-0.2, -0.15) is 0 Å². The van der Waals surface area contributed by atoms with E-state index >= 15 is 0 Å². The van der Waals surface area contributed by atoms with E-state index in [0.717, 1.165) is 36.8 Å². The monoisotopic (exact) mass is 354 g/mol. The van der Waals surface area contributed by atoms with Gasteiger partial charge in [0.25, 0.3) is 0 Å². The summed E-state index contributed by atoms with van der Waals surface area (Å²) in [6.07, 6.45) is 7.41. The lowest BCUT2D eigenvalue weighted by atomic mass is 9.86. The molecule has 1 atom stereocenters. The summed E-state index contributed by atoms with van der Waals surface area (Å²) in [4.78, 5) is 4.40. The molecule has 7 nitrogen and oxygen atoms in total. The number of para-hydroxylation sites is 1. The Labute approximate surface area is 153 Å². The van der Waals surface area contributed by atoms with Crippen molar-refractivity contribution in [1.29, 1.82) is 0 Å². The summed E-state index contributed by atoms with van der Waals surface area (Å²) in [6, 6.07) is 8.53. The molecule has 0 radical (unpaired) electrons. The second-order valence-electron chi connectivity index (χ2n) is 7.21. The number of fused-ring (bicyclic) bond motifs is 1. The molecule has 1 unspecified atom stereocenters. The molecule has 2 N–H and O–H groups in total. The predicted octanol–water partition coefficient (Wildman–Crippen LogP) is 2.32. The fourth-order valence-corrected chi connectivity index (χ4v) is 4.06. The number of nitrogens with zero attached hydrogens (tertiary/aromatic N) is 4. The van der Waals surface area contributed by atoms with Crippen LogP contribution in [0.5, 0.6) is 5.75 Å².